The van der Waals surface area contributed by atoms with E-state index < -0.39 is 0 Å². The number of hydrogen-bond donors (Lipinski definition) is 0. The number of hydrogen-bond acceptors (Lipinski definition) is 3. The lowest BCUT2D eigenvalue weighted by molar-refractivity contribution is 0.112. The van der Waals surface area contributed by atoms with Crippen LogP contribution >= 0.6 is 11.8 Å². The van der Waals surface area contributed by atoms with E-state index in [4.69, 9.17) is 0 Å². The Morgan fingerprint density at radius 1 is 1.25 bits per heavy atom. The summed E-state index contributed by atoms with van der Waals surface area (Å²) in [5, 5.41) is 1.13. The molecule has 1 atom stereocenters. The van der Waals surface area contributed by atoms with Gasteiger partial charge in [0.25, 0.3) is 0 Å². The summed E-state index contributed by atoms with van der Waals surface area (Å²) in [4.78, 5) is 7.29. The molecular formula is C17H28N2S. The lowest BCUT2D eigenvalue weighted by Crippen LogP contribution is -2.38. The van der Waals surface area contributed by atoms with E-state index in [1.807, 2.05) is 11.8 Å². The highest BCUT2D eigenvalue weighted by molar-refractivity contribution is 8.00. The van der Waals surface area contributed by atoms with Crippen LogP contribution in [0.3, 0.4) is 0 Å². The molecule has 0 spiro atoms. The minimum Gasteiger partial charge on any atom is -0.294 e. The van der Waals surface area contributed by atoms with Crippen molar-refractivity contribution >= 4 is 11.8 Å². The summed E-state index contributed by atoms with van der Waals surface area (Å²) in [6.07, 6.45) is 6.04. The van der Waals surface area contributed by atoms with Crippen LogP contribution in [0.5, 0.6) is 0 Å². The molecule has 0 saturated carbocycles. The van der Waals surface area contributed by atoms with Gasteiger partial charge in [0.05, 0.1) is 5.03 Å². The molecule has 3 heteroatoms. The van der Waals surface area contributed by atoms with Crippen LogP contribution in [-0.2, 0) is 0 Å². The van der Waals surface area contributed by atoms with E-state index in [9.17, 15) is 0 Å². The van der Waals surface area contributed by atoms with Gasteiger partial charge in [-0.3, -0.25) is 4.90 Å². The fourth-order valence-electron chi connectivity index (χ4n) is 2.89. The first-order valence-corrected chi connectivity index (χ1v) is 8.59. The molecule has 0 N–H and O–H groups in total. The first-order valence-electron chi connectivity index (χ1n) is 7.77. The molecule has 0 unspecified atom stereocenters. The monoisotopic (exact) mass is 292 g/mol. The Morgan fingerprint density at radius 2 is 2.00 bits per heavy atom. The molecule has 1 fully saturated rings. The fraction of sp³-hybridized carbons (Fsp3) is 0.706. The first-order chi connectivity index (χ1) is 9.37. The molecule has 112 valence electrons. The maximum atomic E-state index is 4.67. The average Bonchev–Trinajstić information content (AvgIpc) is 2.38. The van der Waals surface area contributed by atoms with Crippen LogP contribution < -0.4 is 0 Å². The van der Waals surface area contributed by atoms with E-state index >= 15 is 0 Å². The lowest BCUT2D eigenvalue weighted by Gasteiger charge is -2.38. The van der Waals surface area contributed by atoms with Crippen LogP contribution in [0, 0.1) is 0 Å². The van der Waals surface area contributed by atoms with Crippen molar-refractivity contribution in [1.82, 2.24) is 9.88 Å². The molecule has 2 rings (SSSR count). The van der Waals surface area contributed by atoms with Gasteiger partial charge in [-0.2, -0.15) is 0 Å². The van der Waals surface area contributed by atoms with Crippen molar-refractivity contribution in [3.05, 3.63) is 23.9 Å². The highest BCUT2D eigenvalue weighted by Gasteiger charge is 2.26. The van der Waals surface area contributed by atoms with Crippen LogP contribution in [0.1, 0.15) is 65.5 Å². The zero-order valence-electron chi connectivity index (χ0n) is 13.5. The summed E-state index contributed by atoms with van der Waals surface area (Å²) in [5.74, 6) is 0. The number of thioether (sulfide) groups is 1. The summed E-state index contributed by atoms with van der Waals surface area (Å²) in [7, 11) is 0. The summed E-state index contributed by atoms with van der Waals surface area (Å²) in [5.41, 5.74) is 1.39. The molecule has 1 saturated heterocycles. The molecule has 1 aliphatic rings. The molecule has 2 nitrogen and oxygen atoms in total. The third-order valence-corrected chi connectivity index (χ3v) is 4.83. The van der Waals surface area contributed by atoms with E-state index in [2.05, 4.69) is 62.8 Å². The van der Waals surface area contributed by atoms with Gasteiger partial charge in [0, 0.05) is 23.0 Å². The highest BCUT2D eigenvalue weighted by Crippen LogP contribution is 2.34. The van der Waals surface area contributed by atoms with Crippen molar-refractivity contribution in [1.29, 1.82) is 0 Å². The van der Waals surface area contributed by atoms with Crippen molar-refractivity contribution in [2.24, 2.45) is 0 Å². The second-order valence-corrected chi connectivity index (χ2v) is 8.83. The standard InChI is InChI=1S/C17H28N2S/c1-13(2)19-11-7-6-8-15(19)14-9-10-16(18-12-14)20-17(3,4)5/h9-10,12-13,15H,6-8,11H2,1-5H3/t15-/m0/s1. The number of rotatable bonds is 3. The van der Waals surface area contributed by atoms with Crippen molar-refractivity contribution in [3.8, 4) is 0 Å². The molecule has 0 radical (unpaired) electrons. The summed E-state index contributed by atoms with van der Waals surface area (Å²) in [6, 6.07) is 5.65. The quantitative estimate of drug-likeness (QED) is 0.737. The first kappa shape index (κ1) is 15.8. The van der Waals surface area contributed by atoms with Gasteiger partial charge >= 0.3 is 0 Å². The maximum absolute atomic E-state index is 4.67. The number of piperidine rings is 1. The van der Waals surface area contributed by atoms with Crippen molar-refractivity contribution < 1.29 is 0 Å². The number of pyridine rings is 1. The molecule has 20 heavy (non-hydrogen) atoms. The third-order valence-electron chi connectivity index (χ3n) is 3.76. The Labute approximate surface area is 128 Å². The molecule has 0 aliphatic carbocycles. The molecular weight excluding hydrogens is 264 g/mol. The second kappa shape index (κ2) is 6.48. The van der Waals surface area contributed by atoms with Gasteiger partial charge in [-0.05, 0) is 44.9 Å². The number of likely N-dealkylation sites (tertiary alicyclic amines) is 1. The van der Waals surface area contributed by atoms with E-state index in [-0.39, 0.29) is 4.75 Å². The van der Waals surface area contributed by atoms with Crippen LogP contribution in [0.15, 0.2) is 23.4 Å². The van der Waals surface area contributed by atoms with Crippen molar-refractivity contribution in [3.63, 3.8) is 0 Å². The number of nitrogens with zero attached hydrogens (tertiary/aromatic N) is 2. The SMILES string of the molecule is CC(C)N1CCCC[C@H]1c1ccc(SC(C)(C)C)nc1. The van der Waals surface area contributed by atoms with Crippen LogP contribution in [0.4, 0.5) is 0 Å². The second-order valence-electron chi connectivity index (χ2n) is 6.99. The summed E-state index contributed by atoms with van der Waals surface area (Å²) in [6.45, 7) is 12.5. The van der Waals surface area contributed by atoms with Gasteiger partial charge < -0.3 is 0 Å². The van der Waals surface area contributed by atoms with Gasteiger partial charge in [-0.15, -0.1) is 11.8 Å². The molecule has 1 aliphatic heterocycles. The largest absolute Gasteiger partial charge is 0.294 e. The van der Waals surface area contributed by atoms with Crippen LogP contribution in [0.2, 0.25) is 0 Å². The van der Waals surface area contributed by atoms with Crippen molar-refractivity contribution in [2.75, 3.05) is 6.54 Å². The van der Waals surface area contributed by atoms with Crippen molar-refractivity contribution in [2.45, 2.75) is 75.7 Å². The van der Waals surface area contributed by atoms with Gasteiger partial charge in [-0.25, -0.2) is 4.98 Å². The van der Waals surface area contributed by atoms with Gasteiger partial charge in [0.15, 0.2) is 0 Å². The Balaban J connectivity index is 2.12. The van der Waals surface area contributed by atoms with Crippen LogP contribution in [0.25, 0.3) is 0 Å². The Kier molecular flexibility index (Phi) is 5.14. The third kappa shape index (κ3) is 4.23. The summed E-state index contributed by atoms with van der Waals surface area (Å²) < 4.78 is 0.226. The Hall–Kier alpha value is -0.540. The normalized spacial score (nSPS) is 21.4. The Morgan fingerprint density at radius 3 is 2.55 bits per heavy atom. The predicted molar refractivity (Wildman–Crippen MR) is 88.3 cm³/mol. The summed E-state index contributed by atoms with van der Waals surface area (Å²) >= 11 is 1.84. The maximum Gasteiger partial charge on any atom is 0.0965 e. The topological polar surface area (TPSA) is 16.1 Å². The average molecular weight is 292 g/mol. The van der Waals surface area contributed by atoms with Gasteiger partial charge in [0.1, 0.15) is 0 Å². The van der Waals surface area contributed by atoms with Gasteiger partial charge in [-0.1, -0.05) is 33.3 Å². The van der Waals surface area contributed by atoms with E-state index in [0.29, 0.717) is 12.1 Å². The molecule has 0 amide bonds. The van der Waals surface area contributed by atoms with Gasteiger partial charge in [0.2, 0.25) is 0 Å². The fourth-order valence-corrected chi connectivity index (χ4v) is 3.76. The van der Waals surface area contributed by atoms with Crippen LogP contribution in [-0.4, -0.2) is 27.2 Å². The molecule has 1 aromatic heterocycles. The minimum absolute atomic E-state index is 0.226. The smallest absolute Gasteiger partial charge is 0.0965 e. The zero-order valence-corrected chi connectivity index (χ0v) is 14.3. The lowest BCUT2D eigenvalue weighted by atomic mass is 9.95. The predicted octanol–water partition coefficient (Wildman–Crippen LogP) is 4.91. The van der Waals surface area contributed by atoms with E-state index in [1.165, 1.54) is 31.4 Å². The van der Waals surface area contributed by atoms with E-state index in [0.717, 1.165) is 5.03 Å². The molecule has 0 aromatic carbocycles. The zero-order chi connectivity index (χ0) is 14.8. The minimum atomic E-state index is 0.226. The highest BCUT2D eigenvalue weighted by atomic mass is 32.2. The van der Waals surface area contributed by atoms with E-state index in [1.54, 1.807) is 0 Å². The molecule has 2 heterocycles. The molecule has 1 aromatic rings. The number of aromatic nitrogens is 1. The Bertz CT molecular complexity index is 420. The molecule has 0 bridgehead atoms.